The van der Waals surface area contributed by atoms with E-state index in [1.54, 1.807) is 18.2 Å². The van der Waals surface area contributed by atoms with Crippen LogP contribution in [-0.4, -0.2) is 0 Å². The van der Waals surface area contributed by atoms with Gasteiger partial charge in [-0.2, -0.15) is 13.2 Å². The van der Waals surface area contributed by atoms with Gasteiger partial charge >= 0.3 is 6.18 Å². The van der Waals surface area contributed by atoms with E-state index in [2.05, 4.69) is 0 Å². The Labute approximate surface area is 108 Å². The number of hydrogen-bond acceptors (Lipinski definition) is 0. The van der Waals surface area contributed by atoms with E-state index >= 15 is 0 Å². The molecule has 0 radical (unpaired) electrons. The summed E-state index contributed by atoms with van der Waals surface area (Å²) in [7, 11) is 0. The lowest BCUT2D eigenvalue weighted by atomic mass is 10.0. The molecule has 0 unspecified atom stereocenters. The molecule has 0 aliphatic carbocycles. The SMILES string of the molecule is Cc1ccc(-c2ccc(Cl)c(C(F)(F)F)c2)cc1. The molecule has 0 fully saturated rings. The van der Waals surface area contributed by atoms with Crippen LogP contribution in [0.2, 0.25) is 5.02 Å². The Morgan fingerprint density at radius 3 is 2.00 bits per heavy atom. The number of hydrogen-bond donors (Lipinski definition) is 0. The molecule has 0 aliphatic rings. The van der Waals surface area contributed by atoms with Crippen LogP contribution in [0.5, 0.6) is 0 Å². The molecular weight excluding hydrogens is 261 g/mol. The first-order valence-corrected chi connectivity index (χ1v) is 5.69. The Bertz CT molecular complexity index is 556. The molecule has 0 nitrogen and oxygen atoms in total. The Balaban J connectivity index is 2.50. The Kier molecular flexibility index (Phi) is 3.35. The van der Waals surface area contributed by atoms with Gasteiger partial charge in [-0.1, -0.05) is 47.5 Å². The minimum absolute atomic E-state index is 0.279. The molecule has 18 heavy (non-hydrogen) atoms. The standard InChI is InChI=1S/C14H10ClF3/c1-9-2-4-10(5-3-9)11-6-7-13(15)12(8-11)14(16,17)18/h2-8H,1H3. The lowest BCUT2D eigenvalue weighted by molar-refractivity contribution is -0.137. The van der Waals surface area contributed by atoms with Crippen molar-refractivity contribution in [2.75, 3.05) is 0 Å². The summed E-state index contributed by atoms with van der Waals surface area (Å²) in [6, 6.07) is 11.2. The first kappa shape index (κ1) is 13.0. The molecule has 0 aromatic heterocycles. The van der Waals surface area contributed by atoms with Crippen molar-refractivity contribution >= 4 is 11.6 Å². The fourth-order valence-electron chi connectivity index (χ4n) is 1.67. The summed E-state index contributed by atoms with van der Waals surface area (Å²) in [5, 5.41) is -0.279. The van der Waals surface area contributed by atoms with Crippen molar-refractivity contribution in [3.8, 4) is 11.1 Å². The Morgan fingerprint density at radius 2 is 1.44 bits per heavy atom. The van der Waals surface area contributed by atoms with Crippen LogP contribution in [0.3, 0.4) is 0 Å². The van der Waals surface area contributed by atoms with Gasteiger partial charge < -0.3 is 0 Å². The summed E-state index contributed by atoms with van der Waals surface area (Å²) < 4.78 is 38.2. The van der Waals surface area contributed by atoms with Crippen LogP contribution >= 0.6 is 11.6 Å². The zero-order valence-electron chi connectivity index (χ0n) is 9.55. The summed E-state index contributed by atoms with van der Waals surface area (Å²) in [6.45, 7) is 1.92. The molecule has 0 bridgehead atoms. The van der Waals surface area contributed by atoms with Gasteiger partial charge in [0.25, 0.3) is 0 Å². The van der Waals surface area contributed by atoms with E-state index < -0.39 is 11.7 Å². The van der Waals surface area contributed by atoms with E-state index in [0.29, 0.717) is 5.56 Å². The maximum absolute atomic E-state index is 12.7. The molecule has 0 heterocycles. The van der Waals surface area contributed by atoms with Crippen molar-refractivity contribution in [1.82, 2.24) is 0 Å². The summed E-state index contributed by atoms with van der Waals surface area (Å²) >= 11 is 5.57. The van der Waals surface area contributed by atoms with Gasteiger partial charge in [-0.05, 0) is 30.2 Å². The number of aryl methyl sites for hydroxylation is 1. The molecule has 0 atom stereocenters. The van der Waals surface area contributed by atoms with Crippen LogP contribution in [0.25, 0.3) is 11.1 Å². The van der Waals surface area contributed by atoms with E-state index in [-0.39, 0.29) is 5.02 Å². The maximum Gasteiger partial charge on any atom is 0.417 e. The van der Waals surface area contributed by atoms with Crippen molar-refractivity contribution in [1.29, 1.82) is 0 Å². The zero-order chi connectivity index (χ0) is 13.3. The van der Waals surface area contributed by atoms with E-state index in [4.69, 9.17) is 11.6 Å². The average molecular weight is 271 g/mol. The normalized spacial score (nSPS) is 11.6. The molecule has 2 aromatic carbocycles. The molecule has 0 amide bonds. The van der Waals surface area contributed by atoms with E-state index in [9.17, 15) is 13.2 Å². The van der Waals surface area contributed by atoms with Crippen molar-refractivity contribution in [2.45, 2.75) is 13.1 Å². The molecule has 4 heteroatoms. The average Bonchev–Trinajstić information content (AvgIpc) is 2.29. The van der Waals surface area contributed by atoms with Crippen molar-refractivity contribution in [2.24, 2.45) is 0 Å². The summed E-state index contributed by atoms with van der Waals surface area (Å²) in [6.07, 6.45) is -4.43. The lowest BCUT2D eigenvalue weighted by Gasteiger charge is -2.11. The predicted molar refractivity (Wildman–Crippen MR) is 66.6 cm³/mol. The van der Waals surface area contributed by atoms with Crippen LogP contribution < -0.4 is 0 Å². The molecule has 94 valence electrons. The fraction of sp³-hybridized carbons (Fsp3) is 0.143. The van der Waals surface area contributed by atoms with Crippen molar-refractivity contribution in [3.05, 3.63) is 58.6 Å². The minimum Gasteiger partial charge on any atom is -0.166 e. The second-order valence-electron chi connectivity index (χ2n) is 4.06. The summed E-state index contributed by atoms with van der Waals surface area (Å²) in [4.78, 5) is 0. The van der Waals surface area contributed by atoms with Gasteiger partial charge in [-0.25, -0.2) is 0 Å². The summed E-state index contributed by atoms with van der Waals surface area (Å²) in [5.74, 6) is 0. The van der Waals surface area contributed by atoms with Crippen LogP contribution in [0, 0.1) is 6.92 Å². The second-order valence-corrected chi connectivity index (χ2v) is 4.47. The number of benzene rings is 2. The highest BCUT2D eigenvalue weighted by Gasteiger charge is 2.33. The van der Waals surface area contributed by atoms with Crippen LogP contribution in [0.1, 0.15) is 11.1 Å². The first-order chi connectivity index (χ1) is 8.38. The van der Waals surface area contributed by atoms with Crippen molar-refractivity contribution < 1.29 is 13.2 Å². The molecule has 0 N–H and O–H groups in total. The molecule has 0 spiro atoms. The topological polar surface area (TPSA) is 0 Å². The molecule has 2 rings (SSSR count). The zero-order valence-corrected chi connectivity index (χ0v) is 10.3. The number of rotatable bonds is 1. The van der Waals surface area contributed by atoms with Crippen LogP contribution in [0.4, 0.5) is 13.2 Å². The predicted octanol–water partition coefficient (Wildman–Crippen LogP) is 5.33. The van der Waals surface area contributed by atoms with E-state index in [1.165, 1.54) is 6.07 Å². The fourth-order valence-corrected chi connectivity index (χ4v) is 1.89. The van der Waals surface area contributed by atoms with Gasteiger partial charge in [0.05, 0.1) is 10.6 Å². The molecule has 2 aromatic rings. The number of halogens is 4. The highest BCUT2D eigenvalue weighted by Crippen LogP contribution is 2.37. The first-order valence-electron chi connectivity index (χ1n) is 5.32. The molecular formula is C14H10ClF3. The van der Waals surface area contributed by atoms with Gasteiger partial charge in [0, 0.05) is 0 Å². The highest BCUT2D eigenvalue weighted by molar-refractivity contribution is 6.31. The van der Waals surface area contributed by atoms with E-state index in [1.807, 2.05) is 19.1 Å². The van der Waals surface area contributed by atoms with Crippen molar-refractivity contribution in [3.63, 3.8) is 0 Å². The van der Waals surface area contributed by atoms with Gasteiger partial charge in [0.1, 0.15) is 0 Å². The van der Waals surface area contributed by atoms with Gasteiger partial charge in [0.15, 0.2) is 0 Å². The van der Waals surface area contributed by atoms with Crippen LogP contribution in [0.15, 0.2) is 42.5 Å². The minimum atomic E-state index is -4.43. The maximum atomic E-state index is 12.7. The Morgan fingerprint density at radius 1 is 0.889 bits per heavy atom. The number of alkyl halides is 3. The quantitative estimate of drug-likeness (QED) is 0.657. The molecule has 0 saturated carbocycles. The Hall–Kier alpha value is -1.48. The van der Waals surface area contributed by atoms with Gasteiger partial charge in [-0.3, -0.25) is 0 Å². The highest BCUT2D eigenvalue weighted by atomic mass is 35.5. The van der Waals surface area contributed by atoms with Gasteiger partial charge in [0.2, 0.25) is 0 Å². The second kappa shape index (κ2) is 4.65. The van der Waals surface area contributed by atoms with Crippen LogP contribution in [-0.2, 0) is 6.18 Å². The third-order valence-corrected chi connectivity index (χ3v) is 2.99. The summed E-state index contributed by atoms with van der Waals surface area (Å²) in [5.41, 5.74) is 1.50. The molecule has 0 aliphatic heterocycles. The van der Waals surface area contributed by atoms with Gasteiger partial charge in [-0.15, -0.1) is 0 Å². The third kappa shape index (κ3) is 2.67. The largest absolute Gasteiger partial charge is 0.417 e. The lowest BCUT2D eigenvalue weighted by Crippen LogP contribution is -2.05. The molecule has 0 saturated heterocycles. The monoisotopic (exact) mass is 270 g/mol. The van der Waals surface area contributed by atoms with E-state index in [0.717, 1.165) is 17.2 Å². The smallest absolute Gasteiger partial charge is 0.166 e. The third-order valence-electron chi connectivity index (χ3n) is 2.66.